The highest BCUT2D eigenvalue weighted by molar-refractivity contribution is 6.08. The second-order valence-electron chi connectivity index (χ2n) is 6.92. The smallest absolute Gasteiger partial charge is 0.123 e. The van der Waals surface area contributed by atoms with E-state index in [0.29, 0.717) is 17.2 Å². The van der Waals surface area contributed by atoms with Crippen LogP contribution in [-0.2, 0) is 0 Å². The number of fused-ring (bicyclic) bond motifs is 3. The molecule has 3 nitrogen and oxygen atoms in total. The van der Waals surface area contributed by atoms with Crippen LogP contribution in [0.1, 0.15) is 25.8 Å². The molecule has 1 saturated heterocycles. The summed E-state index contributed by atoms with van der Waals surface area (Å²) in [6.07, 6.45) is 1.29. The SMILES string of the molecule is CCCN1CC[C@@H](O)[C@H](n2c3ccc(F)cc3c3cc(F)ccc32)C1. The van der Waals surface area contributed by atoms with Gasteiger partial charge < -0.3 is 14.6 Å². The molecule has 132 valence electrons. The highest BCUT2D eigenvalue weighted by atomic mass is 19.1. The molecule has 1 aliphatic heterocycles. The number of benzene rings is 2. The molecule has 5 heteroatoms. The molecule has 2 aromatic carbocycles. The predicted octanol–water partition coefficient (Wildman–Crippen LogP) is 4.09. The Hall–Kier alpha value is -1.98. The Kier molecular flexibility index (Phi) is 4.21. The van der Waals surface area contributed by atoms with Crippen molar-refractivity contribution in [3.05, 3.63) is 48.0 Å². The van der Waals surface area contributed by atoms with Gasteiger partial charge in [-0.25, -0.2) is 8.78 Å². The quantitative estimate of drug-likeness (QED) is 0.775. The Balaban J connectivity index is 1.92. The molecule has 25 heavy (non-hydrogen) atoms. The third-order valence-electron chi connectivity index (χ3n) is 5.23. The second-order valence-corrected chi connectivity index (χ2v) is 6.92. The highest BCUT2D eigenvalue weighted by Gasteiger charge is 2.31. The van der Waals surface area contributed by atoms with Gasteiger partial charge in [0.2, 0.25) is 0 Å². The van der Waals surface area contributed by atoms with Crippen molar-refractivity contribution in [2.75, 3.05) is 19.6 Å². The van der Waals surface area contributed by atoms with Gasteiger partial charge in [-0.2, -0.15) is 0 Å². The van der Waals surface area contributed by atoms with Gasteiger partial charge in [-0.1, -0.05) is 6.92 Å². The van der Waals surface area contributed by atoms with Crippen LogP contribution in [0.5, 0.6) is 0 Å². The molecule has 2 heterocycles. The molecule has 1 N–H and O–H groups in total. The Bertz CT molecular complexity index is 862. The molecule has 4 rings (SSSR count). The summed E-state index contributed by atoms with van der Waals surface area (Å²) in [5.74, 6) is -0.680. The Morgan fingerprint density at radius 1 is 1.04 bits per heavy atom. The number of aromatic nitrogens is 1. The summed E-state index contributed by atoms with van der Waals surface area (Å²) in [4.78, 5) is 2.35. The monoisotopic (exact) mass is 344 g/mol. The van der Waals surface area contributed by atoms with Crippen LogP contribution in [0.3, 0.4) is 0 Å². The molecule has 0 unspecified atom stereocenters. The third-order valence-corrected chi connectivity index (χ3v) is 5.23. The van der Waals surface area contributed by atoms with Gasteiger partial charge in [0.15, 0.2) is 0 Å². The average Bonchev–Trinajstić information content (AvgIpc) is 2.90. The summed E-state index contributed by atoms with van der Waals surface area (Å²) in [5.41, 5.74) is 1.67. The van der Waals surface area contributed by atoms with E-state index in [9.17, 15) is 13.9 Å². The van der Waals surface area contributed by atoms with E-state index in [1.54, 1.807) is 12.1 Å². The fourth-order valence-electron chi connectivity index (χ4n) is 4.11. The van der Waals surface area contributed by atoms with Crippen molar-refractivity contribution < 1.29 is 13.9 Å². The van der Waals surface area contributed by atoms with E-state index < -0.39 is 6.10 Å². The first-order chi connectivity index (χ1) is 12.1. The lowest BCUT2D eigenvalue weighted by Gasteiger charge is -2.37. The fraction of sp³-hybridized carbons (Fsp3) is 0.400. The second kappa shape index (κ2) is 6.39. The maximum absolute atomic E-state index is 13.8. The van der Waals surface area contributed by atoms with Crippen LogP contribution in [0.4, 0.5) is 8.78 Å². The van der Waals surface area contributed by atoms with Crippen LogP contribution in [0.2, 0.25) is 0 Å². The van der Waals surface area contributed by atoms with E-state index in [0.717, 1.165) is 37.1 Å². The van der Waals surface area contributed by atoms with Gasteiger partial charge >= 0.3 is 0 Å². The van der Waals surface area contributed by atoms with Crippen molar-refractivity contribution in [2.24, 2.45) is 0 Å². The van der Waals surface area contributed by atoms with Gasteiger partial charge in [0.05, 0.1) is 12.1 Å². The van der Waals surface area contributed by atoms with Crippen LogP contribution in [0, 0.1) is 11.6 Å². The normalized spacial score (nSPS) is 22.1. The molecule has 0 saturated carbocycles. The van der Waals surface area contributed by atoms with Crippen molar-refractivity contribution >= 4 is 21.8 Å². The Morgan fingerprint density at radius 3 is 2.20 bits per heavy atom. The first kappa shape index (κ1) is 16.5. The van der Waals surface area contributed by atoms with Gasteiger partial charge in [0.1, 0.15) is 11.6 Å². The largest absolute Gasteiger partial charge is 0.391 e. The number of hydrogen-bond donors (Lipinski definition) is 1. The molecule has 0 amide bonds. The lowest BCUT2D eigenvalue weighted by Crippen LogP contribution is -2.44. The molecular formula is C20H22F2N2O. The summed E-state index contributed by atoms with van der Waals surface area (Å²) in [5, 5.41) is 12.0. The molecule has 0 bridgehead atoms. The maximum Gasteiger partial charge on any atom is 0.123 e. The molecule has 0 radical (unpaired) electrons. The number of halogens is 2. The molecule has 1 fully saturated rings. The van der Waals surface area contributed by atoms with Gasteiger partial charge in [-0.3, -0.25) is 0 Å². The first-order valence-corrected chi connectivity index (χ1v) is 8.87. The number of nitrogens with zero attached hydrogens (tertiary/aromatic N) is 2. The maximum atomic E-state index is 13.8. The standard InChI is InChI=1S/C20H22F2N2O/c1-2-8-23-9-7-20(25)19(12-23)24-17-5-3-13(21)10-15(17)16-11-14(22)4-6-18(16)24/h3-6,10-11,19-20,25H,2,7-9,12H2,1H3/t19-,20-/m1/s1. The van der Waals surface area contributed by atoms with Crippen LogP contribution in [0.25, 0.3) is 21.8 Å². The topological polar surface area (TPSA) is 28.4 Å². The molecule has 1 aliphatic rings. The minimum Gasteiger partial charge on any atom is -0.391 e. The van der Waals surface area contributed by atoms with E-state index >= 15 is 0 Å². The number of aliphatic hydroxyl groups excluding tert-OH is 1. The number of rotatable bonds is 3. The van der Waals surface area contributed by atoms with E-state index in [-0.39, 0.29) is 17.7 Å². The number of aliphatic hydroxyl groups is 1. The minimum atomic E-state index is -0.470. The zero-order chi connectivity index (χ0) is 17.6. The zero-order valence-electron chi connectivity index (χ0n) is 14.3. The first-order valence-electron chi connectivity index (χ1n) is 8.87. The fourth-order valence-corrected chi connectivity index (χ4v) is 4.11. The van der Waals surface area contributed by atoms with Crippen molar-refractivity contribution in [2.45, 2.75) is 31.9 Å². The average molecular weight is 344 g/mol. The lowest BCUT2D eigenvalue weighted by atomic mass is 10.0. The number of piperidine rings is 1. The van der Waals surface area contributed by atoms with E-state index in [2.05, 4.69) is 16.4 Å². The summed E-state index contributed by atoms with van der Waals surface area (Å²) in [6, 6.07) is 9.08. The molecule has 3 aromatic rings. The van der Waals surface area contributed by atoms with Crippen molar-refractivity contribution in [1.82, 2.24) is 9.47 Å². The van der Waals surface area contributed by atoms with Crippen LogP contribution < -0.4 is 0 Å². The van der Waals surface area contributed by atoms with Crippen LogP contribution in [0.15, 0.2) is 36.4 Å². The van der Waals surface area contributed by atoms with E-state index in [1.807, 2.05) is 0 Å². The zero-order valence-corrected chi connectivity index (χ0v) is 14.3. The van der Waals surface area contributed by atoms with Crippen LogP contribution in [-0.4, -0.2) is 40.3 Å². The molecular weight excluding hydrogens is 322 g/mol. The predicted molar refractivity (Wildman–Crippen MR) is 95.8 cm³/mol. The lowest BCUT2D eigenvalue weighted by molar-refractivity contribution is 0.0362. The van der Waals surface area contributed by atoms with Gasteiger partial charge in [-0.05, 0) is 55.8 Å². The van der Waals surface area contributed by atoms with Crippen molar-refractivity contribution in [1.29, 1.82) is 0 Å². The summed E-state index contributed by atoms with van der Waals surface area (Å²) < 4.78 is 29.7. The van der Waals surface area contributed by atoms with Crippen molar-refractivity contribution in [3.8, 4) is 0 Å². The van der Waals surface area contributed by atoms with E-state index in [4.69, 9.17) is 0 Å². The van der Waals surface area contributed by atoms with Gasteiger partial charge in [0, 0.05) is 34.9 Å². The van der Waals surface area contributed by atoms with Gasteiger partial charge in [0.25, 0.3) is 0 Å². The van der Waals surface area contributed by atoms with Gasteiger partial charge in [-0.15, -0.1) is 0 Å². The Labute approximate surface area is 145 Å². The molecule has 0 aliphatic carbocycles. The molecule has 2 atom stereocenters. The Morgan fingerprint density at radius 2 is 1.64 bits per heavy atom. The third kappa shape index (κ3) is 2.81. The van der Waals surface area contributed by atoms with Crippen LogP contribution >= 0.6 is 0 Å². The summed E-state index contributed by atoms with van der Waals surface area (Å²) >= 11 is 0. The van der Waals surface area contributed by atoms with E-state index in [1.165, 1.54) is 24.3 Å². The number of hydrogen-bond acceptors (Lipinski definition) is 2. The summed E-state index contributed by atoms with van der Waals surface area (Å²) in [6.45, 7) is 4.75. The van der Waals surface area contributed by atoms with Crippen molar-refractivity contribution in [3.63, 3.8) is 0 Å². The number of likely N-dealkylation sites (tertiary alicyclic amines) is 1. The highest BCUT2D eigenvalue weighted by Crippen LogP contribution is 2.35. The molecule has 0 spiro atoms. The summed E-state index contributed by atoms with van der Waals surface area (Å²) in [7, 11) is 0. The molecule has 1 aromatic heterocycles. The minimum absolute atomic E-state index is 0.128.